The molecule has 4 bridgehead atoms. The first-order chi connectivity index (χ1) is 13.5. The zero-order valence-electron chi connectivity index (χ0n) is 15.8. The summed E-state index contributed by atoms with van der Waals surface area (Å²) >= 11 is 0. The van der Waals surface area contributed by atoms with E-state index in [4.69, 9.17) is 0 Å². The lowest BCUT2D eigenvalue weighted by Crippen LogP contribution is -2.40. The Balaban J connectivity index is 1.21. The molecule has 4 unspecified atom stereocenters. The highest BCUT2D eigenvalue weighted by atomic mass is 16.4. The molecule has 2 N–H and O–H groups in total. The summed E-state index contributed by atoms with van der Waals surface area (Å²) in [5.74, 6) is 1.49. The number of amides is 1. The van der Waals surface area contributed by atoms with E-state index in [0.717, 1.165) is 30.0 Å². The van der Waals surface area contributed by atoms with Crippen molar-refractivity contribution in [2.24, 2.45) is 29.1 Å². The lowest BCUT2D eigenvalue weighted by atomic mass is 9.69. The van der Waals surface area contributed by atoms with Gasteiger partial charge >= 0.3 is 5.97 Å². The Morgan fingerprint density at radius 1 is 1.18 bits per heavy atom. The normalized spacial score (nSPS) is 37.5. The van der Waals surface area contributed by atoms with E-state index in [1.165, 1.54) is 32.1 Å². The van der Waals surface area contributed by atoms with E-state index in [1.54, 1.807) is 0 Å². The Kier molecular flexibility index (Phi) is 3.30. The maximum absolute atomic E-state index is 13.0. The van der Waals surface area contributed by atoms with Crippen LogP contribution in [-0.4, -0.2) is 32.9 Å². The van der Waals surface area contributed by atoms with Crippen LogP contribution in [0.25, 0.3) is 5.65 Å². The molecule has 0 spiro atoms. The summed E-state index contributed by atoms with van der Waals surface area (Å²) in [5.41, 5.74) is 2.38. The molecule has 4 atom stereocenters. The van der Waals surface area contributed by atoms with Crippen LogP contribution in [0.2, 0.25) is 0 Å². The number of carbonyl (C=O) groups is 2. The first-order valence-electron chi connectivity index (χ1n) is 10.5. The van der Waals surface area contributed by atoms with Gasteiger partial charge in [0.05, 0.1) is 11.6 Å². The van der Waals surface area contributed by atoms with E-state index in [9.17, 15) is 14.7 Å². The van der Waals surface area contributed by atoms with Gasteiger partial charge in [0, 0.05) is 18.7 Å². The highest BCUT2D eigenvalue weighted by Gasteiger charge is 2.55. The molecule has 0 aromatic carbocycles. The monoisotopic (exact) mass is 379 g/mol. The Morgan fingerprint density at radius 2 is 1.96 bits per heavy atom. The van der Waals surface area contributed by atoms with Crippen LogP contribution in [0.5, 0.6) is 0 Å². The van der Waals surface area contributed by atoms with E-state index in [0.29, 0.717) is 23.2 Å². The maximum atomic E-state index is 13.0. The van der Waals surface area contributed by atoms with E-state index in [-0.39, 0.29) is 17.7 Å². The molecule has 5 fully saturated rings. The number of carbonyl (C=O) groups excluding carboxylic acids is 1. The summed E-state index contributed by atoms with van der Waals surface area (Å²) in [5, 5.41) is 12.4. The van der Waals surface area contributed by atoms with Gasteiger partial charge in [-0.25, -0.2) is 4.98 Å². The molecule has 146 valence electrons. The van der Waals surface area contributed by atoms with Crippen molar-refractivity contribution in [3.05, 3.63) is 35.8 Å². The second-order valence-corrected chi connectivity index (χ2v) is 9.74. The average Bonchev–Trinajstić information content (AvgIpc) is 3.20. The molecule has 1 amide bonds. The number of aliphatic carboxylic acids is 1. The lowest BCUT2D eigenvalue weighted by molar-refractivity contribution is -0.138. The standard InChI is InChI=1S/C22H25N3O3/c26-20(23-11-22-7-12-4-13(8-22)14(5-12)9-22)18-2-1-3-19-24-17(10-25(18)19)15-6-16(15)21(27)28/h1-3,10,12-16H,4-9,11H2,(H,23,26)(H,27,28). The first kappa shape index (κ1) is 16.6. The van der Waals surface area contributed by atoms with Crippen LogP contribution in [0.4, 0.5) is 0 Å². The fourth-order valence-electron chi connectivity index (χ4n) is 6.74. The van der Waals surface area contributed by atoms with Crippen molar-refractivity contribution in [2.45, 2.75) is 44.4 Å². The second-order valence-electron chi connectivity index (χ2n) is 9.74. The molecular formula is C22H25N3O3. The Labute approximate surface area is 163 Å². The average molecular weight is 379 g/mol. The largest absolute Gasteiger partial charge is 0.481 e. The van der Waals surface area contributed by atoms with Crippen LogP contribution < -0.4 is 5.32 Å². The summed E-state index contributed by atoms with van der Waals surface area (Å²) in [6.45, 7) is 0.775. The minimum atomic E-state index is -0.764. The van der Waals surface area contributed by atoms with Crippen LogP contribution in [0, 0.1) is 29.1 Å². The van der Waals surface area contributed by atoms with Crippen molar-refractivity contribution in [3.63, 3.8) is 0 Å². The second kappa shape index (κ2) is 5.58. The third-order valence-corrected chi connectivity index (χ3v) is 7.91. The van der Waals surface area contributed by atoms with Gasteiger partial charge in [-0.2, -0.15) is 0 Å². The number of fused-ring (bicyclic) bond motifs is 1. The van der Waals surface area contributed by atoms with Crippen LogP contribution in [0.15, 0.2) is 24.4 Å². The summed E-state index contributed by atoms with van der Waals surface area (Å²) in [4.78, 5) is 28.7. The third-order valence-electron chi connectivity index (χ3n) is 7.91. The van der Waals surface area contributed by atoms with Gasteiger partial charge in [-0.05, 0) is 73.8 Å². The molecule has 2 heterocycles. The lowest BCUT2D eigenvalue weighted by Gasteiger charge is -2.38. The number of hydrogen-bond donors (Lipinski definition) is 2. The van der Waals surface area contributed by atoms with Crippen molar-refractivity contribution in [1.29, 1.82) is 0 Å². The number of nitrogens with zero attached hydrogens (tertiary/aromatic N) is 2. The number of rotatable bonds is 5. The molecular weight excluding hydrogens is 354 g/mol. The molecule has 0 aliphatic heterocycles. The van der Waals surface area contributed by atoms with Crippen LogP contribution >= 0.6 is 0 Å². The zero-order chi connectivity index (χ0) is 19.0. The molecule has 0 radical (unpaired) electrons. The summed E-state index contributed by atoms with van der Waals surface area (Å²) < 4.78 is 1.81. The van der Waals surface area contributed by atoms with Crippen molar-refractivity contribution in [2.75, 3.05) is 6.54 Å². The number of carboxylic acid groups (broad SMARTS) is 1. The SMILES string of the molecule is O=C(NCC12CC3CC(C1)C(C3)C2)c1cccc2nc(C3CC3C(=O)O)cn12. The molecule has 5 aliphatic rings. The number of hydrogen-bond acceptors (Lipinski definition) is 3. The summed E-state index contributed by atoms with van der Waals surface area (Å²) in [6.07, 6.45) is 9.15. The minimum Gasteiger partial charge on any atom is -0.481 e. The van der Waals surface area contributed by atoms with Gasteiger partial charge in [0.1, 0.15) is 11.3 Å². The molecule has 6 heteroatoms. The van der Waals surface area contributed by atoms with E-state index in [2.05, 4.69) is 10.3 Å². The van der Waals surface area contributed by atoms with Crippen LogP contribution in [-0.2, 0) is 4.79 Å². The molecule has 2 aromatic rings. The fourth-order valence-corrected chi connectivity index (χ4v) is 6.74. The van der Waals surface area contributed by atoms with E-state index < -0.39 is 5.97 Å². The van der Waals surface area contributed by atoms with E-state index >= 15 is 0 Å². The van der Waals surface area contributed by atoms with Gasteiger partial charge in [0.25, 0.3) is 5.91 Å². The predicted molar refractivity (Wildman–Crippen MR) is 102 cm³/mol. The summed E-state index contributed by atoms with van der Waals surface area (Å²) in [6, 6.07) is 5.54. The van der Waals surface area contributed by atoms with Crippen molar-refractivity contribution in [3.8, 4) is 0 Å². The highest BCUT2D eigenvalue weighted by Crippen LogP contribution is 2.63. The van der Waals surface area contributed by atoms with Crippen molar-refractivity contribution >= 4 is 17.5 Å². The number of carboxylic acids is 1. The molecule has 7 rings (SSSR count). The predicted octanol–water partition coefficient (Wildman–Crippen LogP) is 3.08. The zero-order valence-corrected chi connectivity index (χ0v) is 15.8. The van der Waals surface area contributed by atoms with Crippen molar-refractivity contribution < 1.29 is 14.7 Å². The highest BCUT2D eigenvalue weighted by molar-refractivity contribution is 5.93. The molecule has 0 saturated heterocycles. The molecule has 28 heavy (non-hydrogen) atoms. The first-order valence-corrected chi connectivity index (χ1v) is 10.5. The molecule has 6 nitrogen and oxygen atoms in total. The smallest absolute Gasteiger partial charge is 0.307 e. The Bertz CT molecular complexity index is 977. The van der Waals surface area contributed by atoms with Gasteiger partial charge in [0.2, 0.25) is 0 Å². The quantitative estimate of drug-likeness (QED) is 0.836. The minimum absolute atomic E-state index is 0.0309. The molecule has 5 aliphatic carbocycles. The van der Waals surface area contributed by atoms with E-state index in [1.807, 2.05) is 28.8 Å². The van der Waals surface area contributed by atoms with Gasteiger partial charge in [-0.1, -0.05) is 6.07 Å². The number of nitrogens with one attached hydrogen (secondary N) is 1. The van der Waals surface area contributed by atoms with Gasteiger partial charge in [-0.15, -0.1) is 0 Å². The van der Waals surface area contributed by atoms with Gasteiger partial charge in [0.15, 0.2) is 0 Å². The van der Waals surface area contributed by atoms with Crippen molar-refractivity contribution in [1.82, 2.24) is 14.7 Å². The molecule has 5 saturated carbocycles. The number of imidazole rings is 1. The number of aromatic nitrogens is 2. The maximum Gasteiger partial charge on any atom is 0.307 e. The molecule has 2 aromatic heterocycles. The number of pyridine rings is 1. The third kappa shape index (κ3) is 2.43. The van der Waals surface area contributed by atoms with Crippen LogP contribution in [0.1, 0.15) is 60.6 Å². The van der Waals surface area contributed by atoms with Gasteiger partial charge in [-0.3, -0.25) is 14.0 Å². The Hall–Kier alpha value is -2.37. The van der Waals surface area contributed by atoms with Crippen LogP contribution in [0.3, 0.4) is 0 Å². The fraction of sp³-hybridized carbons (Fsp3) is 0.591. The summed E-state index contributed by atoms with van der Waals surface area (Å²) in [7, 11) is 0. The topological polar surface area (TPSA) is 83.7 Å². The Morgan fingerprint density at radius 3 is 2.64 bits per heavy atom. The van der Waals surface area contributed by atoms with Gasteiger partial charge < -0.3 is 10.4 Å².